The zero-order valence-corrected chi connectivity index (χ0v) is 14.5. The third kappa shape index (κ3) is 3.26. The molecule has 1 fully saturated rings. The second-order valence-corrected chi connectivity index (χ2v) is 19.4. The van der Waals surface area contributed by atoms with Gasteiger partial charge < -0.3 is 8.46 Å². The Morgan fingerprint density at radius 2 is 1.13 bits per heavy atom. The van der Waals surface area contributed by atoms with Crippen molar-refractivity contribution in [2.45, 2.75) is 52.2 Å². The summed E-state index contributed by atoms with van der Waals surface area (Å²) < 4.78 is 5.78. The lowest BCUT2D eigenvalue weighted by atomic mass is 10.4. The second kappa shape index (κ2) is 4.44. The molecule has 0 aromatic rings. The van der Waals surface area contributed by atoms with Crippen molar-refractivity contribution in [3.05, 3.63) is 0 Å². The first-order chi connectivity index (χ1) is 6.64. The van der Waals surface area contributed by atoms with Gasteiger partial charge in [-0.05, 0) is 26.1 Å². The smallest absolute Gasteiger partial charge is 0.211 e. The SMILES string of the molecule is C[Si]1N([Si](C)(C)C)CCCN1[Si](C)(C)C. The maximum atomic E-state index is 2.89. The Labute approximate surface area is 99.6 Å². The molecule has 0 aliphatic carbocycles. The van der Waals surface area contributed by atoms with Crippen molar-refractivity contribution in [2.75, 3.05) is 13.1 Å². The van der Waals surface area contributed by atoms with Crippen molar-refractivity contribution in [3.8, 4) is 0 Å². The van der Waals surface area contributed by atoms with Gasteiger partial charge in [-0.1, -0.05) is 39.3 Å². The summed E-state index contributed by atoms with van der Waals surface area (Å²) in [6.45, 7) is 20.2. The zero-order valence-electron chi connectivity index (χ0n) is 11.5. The summed E-state index contributed by atoms with van der Waals surface area (Å²) >= 11 is 0. The summed E-state index contributed by atoms with van der Waals surface area (Å²) in [4.78, 5) is 0. The highest BCUT2D eigenvalue weighted by atomic mass is 28.4. The largest absolute Gasteiger partial charge is 0.334 e. The fraction of sp³-hybridized carbons (Fsp3) is 1.00. The molecule has 0 N–H and O–H groups in total. The van der Waals surface area contributed by atoms with Crippen molar-refractivity contribution in [2.24, 2.45) is 0 Å². The molecule has 5 heteroatoms. The Balaban J connectivity index is 2.81. The molecule has 0 aromatic carbocycles. The first-order valence-corrected chi connectivity index (χ1v) is 14.8. The number of rotatable bonds is 2. The van der Waals surface area contributed by atoms with E-state index in [0.29, 0.717) is 0 Å². The average molecular weight is 260 g/mol. The van der Waals surface area contributed by atoms with E-state index in [1.54, 1.807) is 0 Å². The predicted molar refractivity (Wildman–Crippen MR) is 76.3 cm³/mol. The fourth-order valence-corrected chi connectivity index (χ4v) is 14.2. The first kappa shape index (κ1) is 13.6. The lowest BCUT2D eigenvalue weighted by Crippen LogP contribution is -2.69. The standard InChI is InChI=1S/C10H27N2Si3/c1-13-11(14(2,3)4)9-8-10-12(13)15(5,6)7/h8-10H2,1-7H3. The van der Waals surface area contributed by atoms with E-state index in [1.165, 1.54) is 19.5 Å². The summed E-state index contributed by atoms with van der Waals surface area (Å²) in [5.74, 6) is 0. The number of hydrogen-bond donors (Lipinski definition) is 0. The van der Waals surface area contributed by atoms with Crippen LogP contribution in [-0.4, -0.2) is 47.1 Å². The molecule has 1 heterocycles. The van der Waals surface area contributed by atoms with E-state index in [0.717, 1.165) is 0 Å². The molecule has 0 aromatic heterocycles. The van der Waals surface area contributed by atoms with E-state index in [2.05, 4.69) is 54.3 Å². The minimum absolute atomic E-state index is 0.394. The third-order valence-corrected chi connectivity index (χ3v) is 14.8. The highest BCUT2D eigenvalue weighted by Crippen LogP contribution is 2.23. The van der Waals surface area contributed by atoms with Gasteiger partial charge >= 0.3 is 0 Å². The lowest BCUT2D eigenvalue weighted by molar-refractivity contribution is 0.438. The highest BCUT2D eigenvalue weighted by molar-refractivity contribution is 6.88. The van der Waals surface area contributed by atoms with Gasteiger partial charge in [0.25, 0.3) is 0 Å². The van der Waals surface area contributed by atoms with Crippen molar-refractivity contribution < 1.29 is 0 Å². The molecule has 0 saturated carbocycles. The Bertz CT molecular complexity index is 198. The molecule has 0 atom stereocenters. The number of hydrogen-bond acceptors (Lipinski definition) is 2. The van der Waals surface area contributed by atoms with E-state index >= 15 is 0 Å². The van der Waals surface area contributed by atoms with E-state index in [1.807, 2.05) is 0 Å². The van der Waals surface area contributed by atoms with E-state index in [-0.39, 0.29) is 0 Å². The van der Waals surface area contributed by atoms with E-state index < -0.39 is 25.6 Å². The molecule has 0 amide bonds. The van der Waals surface area contributed by atoms with E-state index in [9.17, 15) is 0 Å². The normalized spacial score (nSPS) is 23.4. The Kier molecular flexibility index (Phi) is 4.04. The van der Waals surface area contributed by atoms with Crippen LogP contribution >= 0.6 is 0 Å². The van der Waals surface area contributed by atoms with Gasteiger partial charge in [0.2, 0.25) is 9.12 Å². The zero-order chi connectivity index (χ0) is 11.9. The second-order valence-electron chi connectivity index (χ2n) is 6.55. The predicted octanol–water partition coefficient (Wildman–Crippen LogP) is 2.78. The molecule has 15 heavy (non-hydrogen) atoms. The molecule has 0 spiro atoms. The quantitative estimate of drug-likeness (QED) is 0.704. The van der Waals surface area contributed by atoms with Gasteiger partial charge in [0.15, 0.2) is 0 Å². The van der Waals surface area contributed by atoms with Crippen LogP contribution in [0.4, 0.5) is 0 Å². The molecular weight excluding hydrogens is 232 g/mol. The van der Waals surface area contributed by atoms with Crippen molar-refractivity contribution >= 4 is 25.6 Å². The third-order valence-electron chi connectivity index (χ3n) is 3.16. The van der Waals surface area contributed by atoms with Gasteiger partial charge in [0.1, 0.15) is 16.5 Å². The summed E-state index contributed by atoms with van der Waals surface area (Å²) in [6.07, 6.45) is 1.39. The Hall–Kier alpha value is 0.571. The maximum Gasteiger partial charge on any atom is 0.211 e. The van der Waals surface area contributed by atoms with Crippen molar-refractivity contribution in [3.63, 3.8) is 0 Å². The van der Waals surface area contributed by atoms with Crippen LogP contribution < -0.4 is 0 Å². The summed E-state index contributed by atoms with van der Waals surface area (Å²) in [5, 5.41) is 0. The van der Waals surface area contributed by atoms with Crippen LogP contribution in [0.25, 0.3) is 0 Å². The lowest BCUT2D eigenvalue weighted by Gasteiger charge is -2.51. The monoisotopic (exact) mass is 259 g/mol. The molecule has 89 valence electrons. The fourth-order valence-electron chi connectivity index (χ4n) is 2.50. The van der Waals surface area contributed by atoms with Crippen LogP contribution in [0.5, 0.6) is 0 Å². The van der Waals surface area contributed by atoms with Crippen LogP contribution in [0.1, 0.15) is 6.42 Å². The number of nitrogens with zero attached hydrogens (tertiary/aromatic N) is 2. The van der Waals surface area contributed by atoms with Gasteiger partial charge in [-0.25, -0.2) is 0 Å². The maximum absolute atomic E-state index is 2.89. The van der Waals surface area contributed by atoms with Gasteiger partial charge in [0.05, 0.1) is 0 Å². The van der Waals surface area contributed by atoms with Crippen LogP contribution in [0.15, 0.2) is 0 Å². The van der Waals surface area contributed by atoms with Crippen LogP contribution in [-0.2, 0) is 0 Å². The first-order valence-electron chi connectivity index (χ1n) is 6.03. The highest BCUT2D eigenvalue weighted by Gasteiger charge is 2.40. The molecule has 1 saturated heterocycles. The summed E-state index contributed by atoms with van der Waals surface area (Å²) in [5.41, 5.74) is 0. The topological polar surface area (TPSA) is 6.48 Å². The molecular formula is C10H27N2Si3. The minimum atomic E-state index is -1.08. The van der Waals surface area contributed by atoms with Gasteiger partial charge in [-0.15, -0.1) is 0 Å². The molecule has 1 radical (unpaired) electrons. The average Bonchev–Trinajstić information content (AvgIpc) is 1.99. The Morgan fingerprint density at radius 3 is 1.40 bits per heavy atom. The molecule has 1 aliphatic rings. The molecule has 2 nitrogen and oxygen atoms in total. The van der Waals surface area contributed by atoms with E-state index in [4.69, 9.17) is 0 Å². The van der Waals surface area contributed by atoms with Gasteiger partial charge in [0, 0.05) is 0 Å². The molecule has 1 aliphatic heterocycles. The van der Waals surface area contributed by atoms with Crippen LogP contribution in [0.2, 0.25) is 45.8 Å². The molecule has 0 unspecified atom stereocenters. The van der Waals surface area contributed by atoms with Crippen molar-refractivity contribution in [1.29, 1.82) is 0 Å². The molecule has 0 bridgehead atoms. The van der Waals surface area contributed by atoms with Gasteiger partial charge in [-0.2, -0.15) is 0 Å². The van der Waals surface area contributed by atoms with Crippen molar-refractivity contribution in [1.82, 2.24) is 8.46 Å². The minimum Gasteiger partial charge on any atom is -0.334 e. The van der Waals surface area contributed by atoms with Crippen LogP contribution in [0, 0.1) is 0 Å². The van der Waals surface area contributed by atoms with Crippen LogP contribution in [0.3, 0.4) is 0 Å². The summed E-state index contributed by atoms with van der Waals surface area (Å²) in [7, 11) is -2.56. The summed E-state index contributed by atoms with van der Waals surface area (Å²) in [6, 6.07) is 0. The Morgan fingerprint density at radius 1 is 0.800 bits per heavy atom. The van der Waals surface area contributed by atoms with Gasteiger partial charge in [-0.3, -0.25) is 0 Å². The molecule has 1 rings (SSSR count).